The molecule has 0 spiro atoms. The summed E-state index contributed by atoms with van der Waals surface area (Å²) in [7, 11) is 0. The highest BCUT2D eigenvalue weighted by molar-refractivity contribution is 5.20. The van der Waals surface area contributed by atoms with E-state index in [1.54, 1.807) is 0 Å². The van der Waals surface area contributed by atoms with E-state index >= 15 is 0 Å². The van der Waals surface area contributed by atoms with Crippen LogP contribution in [0.5, 0.6) is 0 Å². The minimum Gasteiger partial charge on any atom is -0.390 e. The van der Waals surface area contributed by atoms with E-state index in [9.17, 15) is 5.11 Å². The van der Waals surface area contributed by atoms with Gasteiger partial charge in [-0.1, -0.05) is 19.3 Å². The number of aliphatic hydroxyl groups excluding tert-OH is 1. The van der Waals surface area contributed by atoms with Crippen LogP contribution in [0, 0.1) is 0 Å². The number of imidazole rings is 1. The molecule has 0 saturated heterocycles. The van der Waals surface area contributed by atoms with Crippen LogP contribution >= 0.6 is 0 Å². The molecule has 1 aromatic rings. The number of aliphatic hydroxyl groups is 1. The maximum atomic E-state index is 9.40. The lowest BCUT2D eigenvalue weighted by molar-refractivity contribution is 0.274. The van der Waals surface area contributed by atoms with Crippen LogP contribution in [-0.2, 0) is 19.7 Å². The number of hydrogen-bond acceptors (Lipinski definition) is 3. The number of nitrogens with one attached hydrogen (secondary N) is 1. The molecule has 4 heteroatoms. The molecule has 2 heterocycles. The summed E-state index contributed by atoms with van der Waals surface area (Å²) in [5.41, 5.74) is 2.09. The van der Waals surface area contributed by atoms with Gasteiger partial charge in [0.1, 0.15) is 5.82 Å². The van der Waals surface area contributed by atoms with Gasteiger partial charge in [-0.05, 0) is 12.8 Å². The molecule has 1 aliphatic carbocycles. The third-order valence-electron chi connectivity index (χ3n) is 4.11. The molecule has 0 amide bonds. The summed E-state index contributed by atoms with van der Waals surface area (Å²) < 4.78 is 2.36. The van der Waals surface area contributed by atoms with Gasteiger partial charge in [0, 0.05) is 25.6 Å². The average molecular weight is 235 g/mol. The fraction of sp³-hybridized carbons (Fsp3) is 0.769. The first-order valence-corrected chi connectivity index (χ1v) is 6.80. The van der Waals surface area contributed by atoms with E-state index in [1.165, 1.54) is 43.6 Å². The Labute approximate surface area is 102 Å². The first-order valence-electron chi connectivity index (χ1n) is 6.80. The Morgan fingerprint density at radius 2 is 2.12 bits per heavy atom. The lowest BCUT2D eigenvalue weighted by Gasteiger charge is -2.24. The van der Waals surface area contributed by atoms with Crippen molar-refractivity contribution in [3.63, 3.8) is 0 Å². The van der Waals surface area contributed by atoms with Crippen LogP contribution in [0.15, 0.2) is 0 Å². The van der Waals surface area contributed by atoms with Crippen molar-refractivity contribution in [3.05, 3.63) is 17.2 Å². The number of rotatable bonds is 2. The molecular weight excluding hydrogens is 214 g/mol. The lowest BCUT2D eigenvalue weighted by atomic mass is 9.88. The van der Waals surface area contributed by atoms with Crippen LogP contribution in [0.4, 0.5) is 0 Å². The largest absolute Gasteiger partial charge is 0.390 e. The van der Waals surface area contributed by atoms with E-state index in [1.807, 2.05) is 0 Å². The van der Waals surface area contributed by atoms with Gasteiger partial charge in [0.05, 0.1) is 18.0 Å². The summed E-state index contributed by atoms with van der Waals surface area (Å²) >= 11 is 0. The van der Waals surface area contributed by atoms with Gasteiger partial charge in [0.25, 0.3) is 0 Å². The van der Waals surface area contributed by atoms with Gasteiger partial charge in [-0.25, -0.2) is 4.98 Å². The van der Waals surface area contributed by atoms with E-state index < -0.39 is 0 Å². The topological polar surface area (TPSA) is 50.1 Å². The molecule has 0 aromatic carbocycles. The third kappa shape index (κ3) is 2.00. The van der Waals surface area contributed by atoms with Crippen molar-refractivity contribution in [2.45, 2.75) is 57.7 Å². The van der Waals surface area contributed by atoms with Crippen LogP contribution in [0.2, 0.25) is 0 Å². The molecule has 4 nitrogen and oxygen atoms in total. The van der Waals surface area contributed by atoms with Crippen LogP contribution in [-0.4, -0.2) is 21.2 Å². The Bertz CT molecular complexity index is 394. The van der Waals surface area contributed by atoms with Crippen molar-refractivity contribution in [3.8, 4) is 0 Å². The van der Waals surface area contributed by atoms with Crippen molar-refractivity contribution in [2.24, 2.45) is 0 Å². The second-order valence-corrected chi connectivity index (χ2v) is 5.18. The molecule has 0 radical (unpaired) electrons. The highest BCUT2D eigenvalue weighted by Gasteiger charge is 2.25. The van der Waals surface area contributed by atoms with E-state index in [-0.39, 0.29) is 6.61 Å². The van der Waals surface area contributed by atoms with E-state index in [4.69, 9.17) is 4.98 Å². The first kappa shape index (κ1) is 11.2. The molecule has 1 aromatic heterocycles. The summed E-state index contributed by atoms with van der Waals surface area (Å²) in [5.74, 6) is 1.87. The first-order chi connectivity index (χ1) is 8.40. The van der Waals surface area contributed by atoms with E-state index in [0.29, 0.717) is 5.92 Å². The number of aromatic nitrogens is 2. The Morgan fingerprint density at radius 3 is 2.88 bits per heavy atom. The van der Waals surface area contributed by atoms with Crippen molar-refractivity contribution in [1.29, 1.82) is 0 Å². The Balaban J connectivity index is 1.95. The third-order valence-corrected chi connectivity index (χ3v) is 4.11. The highest BCUT2D eigenvalue weighted by atomic mass is 16.3. The van der Waals surface area contributed by atoms with Gasteiger partial charge < -0.3 is 15.0 Å². The molecule has 17 heavy (non-hydrogen) atoms. The zero-order chi connectivity index (χ0) is 11.7. The van der Waals surface area contributed by atoms with Crippen LogP contribution < -0.4 is 5.32 Å². The Kier molecular flexibility index (Phi) is 3.16. The summed E-state index contributed by atoms with van der Waals surface area (Å²) in [6, 6.07) is 0. The van der Waals surface area contributed by atoms with Crippen molar-refractivity contribution in [1.82, 2.24) is 14.9 Å². The molecule has 1 fully saturated rings. The van der Waals surface area contributed by atoms with E-state index in [0.717, 1.165) is 25.3 Å². The minimum atomic E-state index is 0.0731. The number of nitrogens with zero attached hydrogens (tertiary/aromatic N) is 2. The van der Waals surface area contributed by atoms with Crippen molar-refractivity contribution >= 4 is 0 Å². The predicted octanol–water partition coefficient (Wildman–Crippen LogP) is 1.53. The number of hydrogen-bond donors (Lipinski definition) is 2. The molecule has 2 aliphatic rings. The van der Waals surface area contributed by atoms with Gasteiger partial charge in [-0.2, -0.15) is 0 Å². The lowest BCUT2D eigenvalue weighted by Crippen LogP contribution is -2.30. The standard InChI is InChI=1S/C13H21N3O/c17-9-11-12-8-14-6-7-16(12)13(15-11)10-4-2-1-3-5-10/h10,14,17H,1-9H2. The van der Waals surface area contributed by atoms with Crippen LogP contribution in [0.3, 0.4) is 0 Å². The summed E-state index contributed by atoms with van der Waals surface area (Å²) in [6.45, 7) is 2.96. The molecule has 1 aliphatic heterocycles. The van der Waals surface area contributed by atoms with Gasteiger partial charge in [-0.15, -0.1) is 0 Å². The molecule has 0 unspecified atom stereocenters. The molecular formula is C13H21N3O. The van der Waals surface area contributed by atoms with Gasteiger partial charge in [0.2, 0.25) is 0 Å². The summed E-state index contributed by atoms with van der Waals surface area (Å²) in [5, 5.41) is 12.8. The highest BCUT2D eigenvalue weighted by Crippen LogP contribution is 2.33. The maximum Gasteiger partial charge on any atom is 0.112 e. The average Bonchev–Trinajstić information content (AvgIpc) is 2.78. The van der Waals surface area contributed by atoms with Crippen LogP contribution in [0.1, 0.15) is 55.2 Å². The Morgan fingerprint density at radius 1 is 1.29 bits per heavy atom. The Hall–Kier alpha value is -0.870. The zero-order valence-electron chi connectivity index (χ0n) is 10.3. The molecule has 0 atom stereocenters. The van der Waals surface area contributed by atoms with Gasteiger partial charge in [0.15, 0.2) is 0 Å². The number of fused-ring (bicyclic) bond motifs is 1. The quantitative estimate of drug-likeness (QED) is 0.817. The smallest absolute Gasteiger partial charge is 0.112 e. The zero-order valence-corrected chi connectivity index (χ0v) is 10.3. The fourth-order valence-electron chi connectivity index (χ4n) is 3.20. The van der Waals surface area contributed by atoms with Crippen molar-refractivity contribution < 1.29 is 5.11 Å². The SMILES string of the molecule is OCc1nc(C2CCCCC2)n2c1CNCC2. The predicted molar refractivity (Wildman–Crippen MR) is 65.7 cm³/mol. The molecule has 2 N–H and O–H groups in total. The summed E-state index contributed by atoms with van der Waals surface area (Å²) in [4.78, 5) is 4.71. The van der Waals surface area contributed by atoms with E-state index in [2.05, 4.69) is 9.88 Å². The fourth-order valence-corrected chi connectivity index (χ4v) is 3.20. The maximum absolute atomic E-state index is 9.40. The second-order valence-electron chi connectivity index (χ2n) is 5.18. The molecule has 1 saturated carbocycles. The van der Waals surface area contributed by atoms with Crippen LogP contribution in [0.25, 0.3) is 0 Å². The molecule has 3 rings (SSSR count). The minimum absolute atomic E-state index is 0.0731. The second kappa shape index (κ2) is 4.78. The molecule has 0 bridgehead atoms. The monoisotopic (exact) mass is 235 g/mol. The van der Waals surface area contributed by atoms with Gasteiger partial charge >= 0.3 is 0 Å². The normalized spacial score (nSPS) is 21.5. The van der Waals surface area contributed by atoms with Crippen molar-refractivity contribution in [2.75, 3.05) is 6.54 Å². The van der Waals surface area contributed by atoms with Gasteiger partial charge in [-0.3, -0.25) is 0 Å². The molecule has 94 valence electrons. The summed E-state index contributed by atoms with van der Waals surface area (Å²) in [6.07, 6.45) is 6.58.